The Morgan fingerprint density at radius 2 is 2.10 bits per heavy atom. The van der Waals surface area contributed by atoms with Gasteiger partial charge in [-0.2, -0.15) is 0 Å². The lowest BCUT2D eigenvalue weighted by Crippen LogP contribution is -2.78. The largest absolute Gasteiger partial charge is 0.427 e. The van der Waals surface area contributed by atoms with Crippen molar-refractivity contribution in [1.82, 2.24) is 15.2 Å². The molecule has 2 saturated heterocycles. The van der Waals surface area contributed by atoms with Gasteiger partial charge in [0.2, 0.25) is 6.79 Å². The average Bonchev–Trinajstić information content (AvgIpc) is 3.60. The van der Waals surface area contributed by atoms with Crippen LogP contribution in [0, 0.1) is 5.41 Å². The predicted octanol–water partition coefficient (Wildman–Crippen LogP) is 0.883. The van der Waals surface area contributed by atoms with Crippen LogP contribution in [-0.4, -0.2) is 95.0 Å². The maximum Gasteiger partial charge on any atom is 0.358 e. The van der Waals surface area contributed by atoms with E-state index in [4.69, 9.17) is 29.5 Å². The zero-order chi connectivity index (χ0) is 29.2. The second-order valence-electron chi connectivity index (χ2n) is 9.68. The van der Waals surface area contributed by atoms with E-state index in [1.807, 2.05) is 0 Å². The summed E-state index contributed by atoms with van der Waals surface area (Å²) in [5.74, 6) is -2.41. The Morgan fingerprint density at radius 1 is 1.35 bits per heavy atom. The average molecular weight is 616 g/mol. The van der Waals surface area contributed by atoms with Gasteiger partial charge in [-0.15, -0.1) is 34.9 Å². The van der Waals surface area contributed by atoms with Crippen molar-refractivity contribution in [1.29, 1.82) is 0 Å². The molecule has 0 spiro atoms. The van der Waals surface area contributed by atoms with Gasteiger partial charge in [0.25, 0.3) is 11.8 Å². The van der Waals surface area contributed by atoms with Crippen LogP contribution in [0.3, 0.4) is 0 Å². The summed E-state index contributed by atoms with van der Waals surface area (Å²) in [6.07, 6.45) is 1.09. The Balaban J connectivity index is 1.59. The minimum Gasteiger partial charge on any atom is -0.427 e. The molecule has 2 amide bonds. The Hall–Kier alpha value is -2.86. The summed E-state index contributed by atoms with van der Waals surface area (Å²) in [7, 11) is 1.28. The Kier molecular flexibility index (Phi) is 8.99. The first-order valence-corrected chi connectivity index (χ1v) is 15.0. The third-order valence-corrected chi connectivity index (χ3v) is 9.36. The van der Waals surface area contributed by atoms with Gasteiger partial charge in [0.05, 0.1) is 12.0 Å². The number of β-lactam (4-membered cyclic amide) rings is 1. The van der Waals surface area contributed by atoms with E-state index >= 15 is 0 Å². The van der Waals surface area contributed by atoms with Crippen molar-refractivity contribution in [3.63, 3.8) is 0 Å². The maximum absolute atomic E-state index is 13.8. The quantitative estimate of drug-likeness (QED) is 0.131. The van der Waals surface area contributed by atoms with Crippen LogP contribution in [0.5, 0.6) is 0 Å². The van der Waals surface area contributed by atoms with Crippen LogP contribution in [0.15, 0.2) is 21.8 Å². The highest BCUT2D eigenvalue weighted by atomic mass is 32.2. The summed E-state index contributed by atoms with van der Waals surface area (Å²) in [5, 5.41) is 7.63. The molecular weight excluding hydrogens is 586 g/mol. The molecule has 0 aliphatic carbocycles. The zero-order valence-corrected chi connectivity index (χ0v) is 24.8. The van der Waals surface area contributed by atoms with Crippen LogP contribution in [0.2, 0.25) is 0 Å². The molecule has 2 fully saturated rings. The molecule has 3 aliphatic heterocycles. The molecule has 40 heavy (non-hydrogen) atoms. The third-order valence-electron chi connectivity index (χ3n) is 6.04. The smallest absolute Gasteiger partial charge is 0.358 e. The van der Waals surface area contributed by atoms with Crippen LogP contribution in [0.4, 0.5) is 5.13 Å². The molecule has 17 heteroatoms. The van der Waals surface area contributed by atoms with Gasteiger partial charge in [-0.05, 0) is 27.0 Å². The number of rotatable bonds is 9. The van der Waals surface area contributed by atoms with Crippen molar-refractivity contribution < 1.29 is 43.0 Å². The monoisotopic (exact) mass is 615 g/mol. The number of ether oxygens (including phenoxy) is 4. The van der Waals surface area contributed by atoms with Crippen LogP contribution in [0.1, 0.15) is 26.5 Å². The van der Waals surface area contributed by atoms with E-state index in [1.165, 1.54) is 23.8 Å². The van der Waals surface area contributed by atoms with Gasteiger partial charge in [0, 0.05) is 16.7 Å². The fourth-order valence-electron chi connectivity index (χ4n) is 4.01. The van der Waals surface area contributed by atoms with Gasteiger partial charge >= 0.3 is 11.9 Å². The lowest BCUT2D eigenvalue weighted by Gasteiger charge is -2.56. The lowest BCUT2D eigenvalue weighted by molar-refractivity contribution is -0.173. The van der Waals surface area contributed by atoms with Gasteiger partial charge in [-0.3, -0.25) is 19.3 Å². The van der Waals surface area contributed by atoms with Crippen LogP contribution in [0.25, 0.3) is 0 Å². The number of hydrogen-bond acceptors (Lipinski definition) is 15. The number of nitrogens with one attached hydrogen (secondary N) is 1. The highest BCUT2D eigenvalue weighted by molar-refractivity contribution is 8.05. The van der Waals surface area contributed by atoms with E-state index in [2.05, 4.69) is 15.5 Å². The molecule has 2 unspecified atom stereocenters. The standard InChI is InChI=1S/C23H29N5O9S3/c1-22(2,3)20(32)37-10-36-17(30)15-11(13-6-34-9-35-13)7-39-19-23(38-5,18(31)28(15)19)26-16(29)14(27-33-4)12-8-40-21(24)25-12/h8,13,19H,6-7,9-10H2,1-5H3,(H2,24,25)(H,26,29)/t13?,19-,23?/m0/s1. The number of nitrogens with zero attached hydrogens (tertiary/aromatic N) is 3. The number of carbonyl (C=O) groups is 4. The number of nitrogen functional groups attached to an aromatic ring is 1. The molecule has 4 rings (SSSR count). The highest BCUT2D eigenvalue weighted by Gasteiger charge is 2.66. The molecule has 3 aliphatic rings. The molecule has 0 radical (unpaired) electrons. The van der Waals surface area contributed by atoms with Crippen LogP contribution < -0.4 is 11.1 Å². The fraction of sp³-hybridized carbons (Fsp3) is 0.565. The summed E-state index contributed by atoms with van der Waals surface area (Å²) >= 11 is 3.57. The number of anilines is 1. The molecule has 0 saturated carbocycles. The molecule has 14 nitrogen and oxygen atoms in total. The SMILES string of the molecule is CON=C(C(=O)NC1(SC)C(=O)N2C(C(=O)OCOC(=O)C(C)(C)C)=C(C3COCO3)CS[C@H]21)c1csc(N)n1. The number of esters is 2. The Bertz CT molecular complexity index is 1250. The van der Waals surface area contributed by atoms with Gasteiger partial charge < -0.3 is 34.8 Å². The number of nitrogens with two attached hydrogens (primary N) is 1. The Labute approximate surface area is 242 Å². The predicted molar refractivity (Wildman–Crippen MR) is 147 cm³/mol. The molecule has 1 aromatic heterocycles. The highest BCUT2D eigenvalue weighted by Crippen LogP contribution is 2.51. The van der Waals surface area contributed by atoms with E-state index in [-0.39, 0.29) is 41.4 Å². The van der Waals surface area contributed by atoms with E-state index in [0.717, 1.165) is 23.1 Å². The summed E-state index contributed by atoms with van der Waals surface area (Å²) < 4.78 is 21.3. The molecule has 0 aromatic carbocycles. The van der Waals surface area contributed by atoms with Crippen LogP contribution >= 0.6 is 34.9 Å². The number of thioether (sulfide) groups is 2. The molecule has 3 atom stereocenters. The molecule has 4 heterocycles. The summed E-state index contributed by atoms with van der Waals surface area (Å²) in [6.45, 7) is 4.59. The Morgan fingerprint density at radius 3 is 2.67 bits per heavy atom. The molecule has 1 aromatic rings. The summed E-state index contributed by atoms with van der Waals surface area (Å²) in [5.41, 5.74) is 5.41. The first-order valence-electron chi connectivity index (χ1n) is 11.9. The van der Waals surface area contributed by atoms with Crippen molar-refractivity contribution in [2.45, 2.75) is 37.1 Å². The third kappa shape index (κ3) is 5.65. The minimum atomic E-state index is -1.44. The summed E-state index contributed by atoms with van der Waals surface area (Å²) in [6, 6.07) is 0. The zero-order valence-electron chi connectivity index (χ0n) is 22.4. The molecular formula is C23H29N5O9S3. The number of oxime groups is 1. The number of fused-ring (bicyclic) bond motifs is 1. The number of thiazole rings is 1. The van der Waals surface area contributed by atoms with Crippen molar-refractivity contribution in [2.24, 2.45) is 10.6 Å². The minimum absolute atomic E-state index is 0.0342. The number of aromatic nitrogens is 1. The van der Waals surface area contributed by atoms with Gasteiger partial charge in [-0.1, -0.05) is 5.16 Å². The number of amides is 2. The van der Waals surface area contributed by atoms with Gasteiger partial charge in [-0.25, -0.2) is 9.78 Å². The topological polar surface area (TPSA) is 181 Å². The normalized spacial score (nSPS) is 24.8. The van der Waals surface area contributed by atoms with E-state index < -0.39 is 52.3 Å². The van der Waals surface area contributed by atoms with E-state index in [9.17, 15) is 19.2 Å². The summed E-state index contributed by atoms with van der Waals surface area (Å²) in [4.78, 5) is 61.2. The molecule has 3 N–H and O–H groups in total. The van der Waals surface area contributed by atoms with Crippen molar-refractivity contribution in [3.8, 4) is 0 Å². The molecule has 218 valence electrons. The van der Waals surface area contributed by atoms with Crippen molar-refractivity contribution in [3.05, 3.63) is 22.3 Å². The van der Waals surface area contributed by atoms with Crippen LogP contribution in [-0.2, 0) is 43.0 Å². The van der Waals surface area contributed by atoms with Crippen molar-refractivity contribution >= 4 is 69.5 Å². The lowest BCUT2D eigenvalue weighted by atomic mass is 9.98. The second kappa shape index (κ2) is 11.9. The van der Waals surface area contributed by atoms with Gasteiger partial charge in [0.15, 0.2) is 15.7 Å². The van der Waals surface area contributed by atoms with E-state index in [0.29, 0.717) is 5.57 Å². The first kappa shape index (κ1) is 30.1. The number of hydrogen-bond donors (Lipinski definition) is 2. The van der Waals surface area contributed by atoms with E-state index in [1.54, 1.807) is 32.4 Å². The fourth-order valence-corrected chi connectivity index (χ4v) is 7.23. The first-order chi connectivity index (χ1) is 18.9. The second-order valence-corrected chi connectivity index (χ2v) is 12.7. The van der Waals surface area contributed by atoms with Crippen molar-refractivity contribution in [2.75, 3.05) is 45.0 Å². The van der Waals surface area contributed by atoms with Gasteiger partial charge in [0.1, 0.15) is 36.8 Å². The number of carbonyl (C=O) groups excluding carboxylic acids is 4. The maximum atomic E-state index is 13.8. The molecule has 0 bridgehead atoms.